The number of aromatic nitrogens is 2. The predicted molar refractivity (Wildman–Crippen MR) is 102 cm³/mol. The molecule has 0 aliphatic carbocycles. The molecular formula is C19H23N3O3S. The number of nitrogens with one attached hydrogen (secondary N) is 1. The topological polar surface area (TPSA) is 75.3 Å². The van der Waals surface area contributed by atoms with E-state index in [2.05, 4.69) is 16.9 Å². The summed E-state index contributed by atoms with van der Waals surface area (Å²) in [6.45, 7) is 4.55. The summed E-state index contributed by atoms with van der Waals surface area (Å²) in [4.78, 5) is 33.2. The highest BCUT2D eigenvalue weighted by Crippen LogP contribution is 2.19. The Hall–Kier alpha value is -2.12. The Morgan fingerprint density at radius 3 is 2.69 bits per heavy atom. The molecule has 26 heavy (non-hydrogen) atoms. The van der Waals surface area contributed by atoms with Crippen LogP contribution >= 0.6 is 11.8 Å². The number of carbonyl (C=O) groups is 1. The molecule has 6 nitrogen and oxygen atoms in total. The molecule has 1 aromatic heterocycles. The second-order valence-corrected chi connectivity index (χ2v) is 7.15. The van der Waals surface area contributed by atoms with Crippen LogP contribution in [0.2, 0.25) is 0 Å². The van der Waals surface area contributed by atoms with Crippen LogP contribution in [0.4, 0.5) is 0 Å². The lowest BCUT2D eigenvalue weighted by Gasteiger charge is -2.26. The van der Waals surface area contributed by atoms with Crippen LogP contribution in [-0.4, -0.2) is 47.1 Å². The molecule has 138 valence electrons. The van der Waals surface area contributed by atoms with Gasteiger partial charge in [-0.1, -0.05) is 37.2 Å². The molecule has 0 unspecified atom stereocenters. The monoisotopic (exact) mass is 373 g/mol. The number of hydrogen-bond donors (Lipinski definition) is 1. The number of nitrogens with zero attached hydrogens (tertiary/aromatic N) is 2. The minimum Gasteiger partial charge on any atom is -0.378 e. The van der Waals surface area contributed by atoms with Gasteiger partial charge >= 0.3 is 0 Å². The van der Waals surface area contributed by atoms with E-state index in [1.54, 1.807) is 6.07 Å². The van der Waals surface area contributed by atoms with Gasteiger partial charge in [-0.05, 0) is 24.1 Å². The highest BCUT2D eigenvalue weighted by Gasteiger charge is 2.18. The van der Waals surface area contributed by atoms with Gasteiger partial charge in [0.05, 0.1) is 13.2 Å². The molecule has 2 heterocycles. The molecule has 1 amide bonds. The van der Waals surface area contributed by atoms with E-state index in [1.807, 2.05) is 29.2 Å². The summed E-state index contributed by atoms with van der Waals surface area (Å²) in [5, 5.41) is 0.634. The molecule has 1 saturated heterocycles. The first kappa shape index (κ1) is 18.7. The number of thioether (sulfide) groups is 1. The Kier molecular flexibility index (Phi) is 6.46. The van der Waals surface area contributed by atoms with Crippen LogP contribution in [0.15, 0.2) is 40.3 Å². The van der Waals surface area contributed by atoms with E-state index in [4.69, 9.17) is 4.74 Å². The molecule has 3 rings (SSSR count). The SMILES string of the molecule is CCCc1cc(=O)[nH]c(SCc2ccc(C(=O)N3CCOCC3)cc2)n1. The molecule has 0 saturated carbocycles. The molecule has 1 aliphatic heterocycles. The van der Waals surface area contributed by atoms with E-state index in [0.29, 0.717) is 42.8 Å². The van der Waals surface area contributed by atoms with E-state index in [9.17, 15) is 9.59 Å². The van der Waals surface area contributed by atoms with Crippen molar-refractivity contribution < 1.29 is 9.53 Å². The van der Waals surface area contributed by atoms with Crippen LogP contribution in [-0.2, 0) is 16.9 Å². The number of benzene rings is 1. The number of amides is 1. The van der Waals surface area contributed by atoms with E-state index >= 15 is 0 Å². The third kappa shape index (κ3) is 4.95. The summed E-state index contributed by atoms with van der Waals surface area (Å²) in [7, 11) is 0. The fourth-order valence-electron chi connectivity index (χ4n) is 2.78. The molecule has 0 spiro atoms. The summed E-state index contributed by atoms with van der Waals surface area (Å²) < 4.78 is 5.28. The largest absolute Gasteiger partial charge is 0.378 e. The number of ether oxygens (including phenoxy) is 1. The molecule has 1 aromatic carbocycles. The number of morpholine rings is 1. The van der Waals surface area contributed by atoms with Crippen molar-refractivity contribution in [2.24, 2.45) is 0 Å². The van der Waals surface area contributed by atoms with E-state index in [-0.39, 0.29) is 11.5 Å². The quantitative estimate of drug-likeness (QED) is 0.622. The summed E-state index contributed by atoms with van der Waals surface area (Å²) in [5.74, 6) is 0.732. The summed E-state index contributed by atoms with van der Waals surface area (Å²) in [5.41, 5.74) is 2.48. The summed E-state index contributed by atoms with van der Waals surface area (Å²) in [6.07, 6.45) is 1.76. The van der Waals surface area contributed by atoms with Gasteiger partial charge in [0.15, 0.2) is 5.16 Å². The minimum atomic E-state index is -0.114. The maximum atomic E-state index is 12.4. The van der Waals surface area contributed by atoms with Gasteiger partial charge in [0.25, 0.3) is 11.5 Å². The number of aryl methyl sites for hydroxylation is 1. The van der Waals surface area contributed by atoms with Gasteiger partial charge in [0, 0.05) is 36.2 Å². The van der Waals surface area contributed by atoms with Crippen LogP contribution in [0.3, 0.4) is 0 Å². The van der Waals surface area contributed by atoms with Crippen LogP contribution in [0.5, 0.6) is 0 Å². The third-order valence-electron chi connectivity index (χ3n) is 4.15. The number of H-pyrrole nitrogens is 1. The number of hydrogen-bond acceptors (Lipinski definition) is 5. The van der Waals surface area contributed by atoms with Crippen LogP contribution in [0.1, 0.15) is 35.0 Å². The van der Waals surface area contributed by atoms with Gasteiger partial charge in [0.2, 0.25) is 0 Å². The van der Waals surface area contributed by atoms with Crippen LogP contribution < -0.4 is 5.56 Å². The van der Waals surface area contributed by atoms with Crippen molar-refractivity contribution in [1.29, 1.82) is 0 Å². The zero-order chi connectivity index (χ0) is 18.4. The van der Waals surface area contributed by atoms with Crippen molar-refractivity contribution in [3.8, 4) is 0 Å². The Bertz CT molecular complexity index is 798. The average molecular weight is 373 g/mol. The standard InChI is InChI=1S/C19H23N3O3S/c1-2-3-16-12-17(23)21-19(20-16)26-13-14-4-6-15(7-5-14)18(24)22-8-10-25-11-9-22/h4-7,12H,2-3,8-11,13H2,1H3,(H,20,21,23). The maximum absolute atomic E-state index is 12.4. The minimum absolute atomic E-state index is 0.0470. The Morgan fingerprint density at radius 2 is 2.00 bits per heavy atom. The molecule has 2 aromatic rings. The molecule has 1 fully saturated rings. The van der Waals surface area contributed by atoms with Crippen molar-refractivity contribution in [2.45, 2.75) is 30.7 Å². The van der Waals surface area contributed by atoms with E-state index in [1.165, 1.54) is 11.8 Å². The zero-order valence-corrected chi connectivity index (χ0v) is 15.7. The zero-order valence-electron chi connectivity index (χ0n) is 14.9. The fraction of sp³-hybridized carbons (Fsp3) is 0.421. The second kappa shape index (κ2) is 9.00. The first-order valence-electron chi connectivity index (χ1n) is 8.84. The average Bonchev–Trinajstić information content (AvgIpc) is 2.67. The summed E-state index contributed by atoms with van der Waals surface area (Å²) in [6, 6.07) is 9.18. The smallest absolute Gasteiger partial charge is 0.254 e. The first-order chi connectivity index (χ1) is 12.7. The Balaban J connectivity index is 1.61. The van der Waals surface area contributed by atoms with E-state index < -0.39 is 0 Å². The lowest BCUT2D eigenvalue weighted by molar-refractivity contribution is 0.0303. The number of rotatable bonds is 6. The molecule has 1 aliphatic rings. The van der Waals surface area contributed by atoms with Crippen molar-refractivity contribution in [1.82, 2.24) is 14.9 Å². The molecule has 0 atom stereocenters. The lowest BCUT2D eigenvalue weighted by Crippen LogP contribution is -2.40. The second-order valence-electron chi connectivity index (χ2n) is 6.18. The first-order valence-corrected chi connectivity index (χ1v) is 9.83. The number of aromatic amines is 1. The summed E-state index contributed by atoms with van der Waals surface area (Å²) >= 11 is 1.49. The highest BCUT2D eigenvalue weighted by atomic mass is 32.2. The lowest BCUT2D eigenvalue weighted by atomic mass is 10.1. The molecule has 7 heteroatoms. The van der Waals surface area contributed by atoms with Crippen molar-refractivity contribution in [3.63, 3.8) is 0 Å². The maximum Gasteiger partial charge on any atom is 0.254 e. The normalized spacial score (nSPS) is 14.4. The number of carbonyl (C=O) groups excluding carboxylic acids is 1. The fourth-order valence-corrected chi connectivity index (χ4v) is 3.63. The molecule has 0 radical (unpaired) electrons. The van der Waals surface area contributed by atoms with Gasteiger partial charge in [-0.15, -0.1) is 0 Å². The Morgan fingerprint density at radius 1 is 1.27 bits per heavy atom. The van der Waals surface area contributed by atoms with Gasteiger partial charge in [-0.2, -0.15) is 0 Å². The molecule has 0 bridgehead atoms. The van der Waals surface area contributed by atoms with Crippen LogP contribution in [0, 0.1) is 0 Å². The van der Waals surface area contributed by atoms with Gasteiger partial charge < -0.3 is 14.6 Å². The predicted octanol–water partition coefficient (Wildman–Crippen LogP) is 2.49. The van der Waals surface area contributed by atoms with Gasteiger partial charge in [0.1, 0.15) is 0 Å². The van der Waals surface area contributed by atoms with Crippen molar-refractivity contribution in [3.05, 3.63) is 57.5 Å². The van der Waals surface area contributed by atoms with Crippen molar-refractivity contribution >= 4 is 17.7 Å². The molecule has 1 N–H and O–H groups in total. The Labute approximate surface area is 157 Å². The van der Waals surface area contributed by atoms with Gasteiger partial charge in [-0.25, -0.2) is 4.98 Å². The van der Waals surface area contributed by atoms with Gasteiger partial charge in [-0.3, -0.25) is 9.59 Å². The van der Waals surface area contributed by atoms with Crippen LogP contribution in [0.25, 0.3) is 0 Å². The third-order valence-corrected chi connectivity index (χ3v) is 5.10. The van der Waals surface area contributed by atoms with E-state index in [0.717, 1.165) is 24.1 Å². The molecular weight excluding hydrogens is 350 g/mol. The highest BCUT2D eigenvalue weighted by molar-refractivity contribution is 7.98. The van der Waals surface area contributed by atoms with Crippen molar-refractivity contribution in [2.75, 3.05) is 26.3 Å².